The van der Waals surface area contributed by atoms with Gasteiger partial charge >= 0.3 is 5.97 Å². The maximum absolute atomic E-state index is 13.5. The first kappa shape index (κ1) is 17.0. The van der Waals surface area contributed by atoms with Gasteiger partial charge in [-0.3, -0.25) is 9.59 Å². The highest BCUT2D eigenvalue weighted by atomic mass is 35.5. The molecule has 6 heteroatoms. The molecule has 0 aliphatic heterocycles. The van der Waals surface area contributed by atoms with Crippen molar-refractivity contribution < 1.29 is 18.7 Å². The molecule has 1 amide bonds. The third-order valence-electron chi connectivity index (χ3n) is 3.22. The number of hydrogen-bond acceptors (Lipinski definition) is 3. The third-order valence-corrected chi connectivity index (χ3v) is 3.58. The molecule has 0 unspecified atom stereocenters. The van der Waals surface area contributed by atoms with Gasteiger partial charge < -0.3 is 10.1 Å². The van der Waals surface area contributed by atoms with Crippen molar-refractivity contribution in [1.82, 2.24) is 5.32 Å². The van der Waals surface area contributed by atoms with Crippen LogP contribution in [0.3, 0.4) is 0 Å². The lowest BCUT2D eigenvalue weighted by Gasteiger charge is -2.09. The first-order valence-electron chi connectivity index (χ1n) is 6.91. The molecule has 0 radical (unpaired) electrons. The van der Waals surface area contributed by atoms with Crippen LogP contribution in [0, 0.1) is 12.7 Å². The van der Waals surface area contributed by atoms with Crippen molar-refractivity contribution in [1.29, 1.82) is 0 Å². The summed E-state index contributed by atoms with van der Waals surface area (Å²) in [5.74, 6) is -1.59. The number of benzene rings is 2. The summed E-state index contributed by atoms with van der Waals surface area (Å²) in [6.45, 7) is 1.21. The molecule has 2 rings (SSSR count). The summed E-state index contributed by atoms with van der Waals surface area (Å²) >= 11 is 5.84. The maximum atomic E-state index is 13.5. The first-order valence-corrected chi connectivity index (χ1v) is 7.29. The highest BCUT2D eigenvalue weighted by Gasteiger charge is 2.13. The van der Waals surface area contributed by atoms with Crippen LogP contribution < -0.4 is 5.32 Å². The van der Waals surface area contributed by atoms with Crippen molar-refractivity contribution in [2.24, 2.45) is 0 Å². The van der Waals surface area contributed by atoms with Crippen LogP contribution in [0.15, 0.2) is 42.5 Å². The molecule has 4 nitrogen and oxygen atoms in total. The second-order valence-corrected chi connectivity index (χ2v) is 5.27. The Hall–Kier alpha value is -2.40. The summed E-state index contributed by atoms with van der Waals surface area (Å²) in [7, 11) is 0. The zero-order valence-corrected chi connectivity index (χ0v) is 13.2. The molecule has 0 fully saturated rings. The lowest BCUT2D eigenvalue weighted by molar-refractivity contribution is -0.143. The minimum atomic E-state index is -0.675. The molecule has 23 heavy (non-hydrogen) atoms. The Morgan fingerprint density at radius 2 is 1.91 bits per heavy atom. The molecule has 0 heterocycles. The van der Waals surface area contributed by atoms with E-state index in [4.69, 9.17) is 16.3 Å². The minimum Gasteiger partial charge on any atom is -0.459 e. The van der Waals surface area contributed by atoms with Gasteiger partial charge in [0.15, 0.2) is 0 Å². The van der Waals surface area contributed by atoms with Gasteiger partial charge in [0.25, 0.3) is 5.91 Å². The number of halogens is 2. The quantitative estimate of drug-likeness (QED) is 0.853. The van der Waals surface area contributed by atoms with Crippen LogP contribution >= 0.6 is 11.6 Å². The standard InChI is InChI=1S/C17H15ClFNO3/c1-11-5-2-3-6-12(11)17(22)20-9-16(21)23-10-13-14(18)7-4-8-15(13)19/h2-8H,9-10H2,1H3,(H,20,22). The fraction of sp³-hybridized carbons (Fsp3) is 0.176. The van der Waals surface area contributed by atoms with Crippen molar-refractivity contribution >= 4 is 23.5 Å². The van der Waals surface area contributed by atoms with Gasteiger partial charge in [-0.05, 0) is 30.7 Å². The van der Waals surface area contributed by atoms with Crippen molar-refractivity contribution in [2.45, 2.75) is 13.5 Å². The number of carbonyl (C=O) groups is 2. The first-order chi connectivity index (χ1) is 11.0. The molecule has 0 bridgehead atoms. The maximum Gasteiger partial charge on any atom is 0.325 e. The summed E-state index contributed by atoms with van der Waals surface area (Å²) in [5, 5.41) is 2.65. The molecular formula is C17H15ClFNO3. The van der Waals surface area contributed by atoms with E-state index in [0.717, 1.165) is 5.56 Å². The predicted octanol–water partition coefficient (Wildman–Crippen LogP) is 3.26. The topological polar surface area (TPSA) is 55.4 Å². The Morgan fingerprint density at radius 1 is 1.17 bits per heavy atom. The van der Waals surface area contributed by atoms with Gasteiger partial charge in [-0.2, -0.15) is 0 Å². The molecule has 2 aromatic carbocycles. The molecule has 0 spiro atoms. The van der Waals surface area contributed by atoms with Crippen LogP contribution in [0.5, 0.6) is 0 Å². The molecule has 0 atom stereocenters. The minimum absolute atomic E-state index is 0.104. The average Bonchev–Trinajstić information content (AvgIpc) is 2.52. The predicted molar refractivity (Wildman–Crippen MR) is 84.7 cm³/mol. The Kier molecular flexibility index (Phi) is 5.71. The molecule has 2 aromatic rings. The van der Waals surface area contributed by atoms with Gasteiger partial charge in [0.05, 0.1) is 5.02 Å². The smallest absolute Gasteiger partial charge is 0.325 e. The van der Waals surface area contributed by atoms with Crippen LogP contribution in [0.1, 0.15) is 21.5 Å². The number of amides is 1. The Bertz CT molecular complexity index is 713. The van der Waals surface area contributed by atoms with Crippen LogP contribution in [-0.4, -0.2) is 18.4 Å². The van der Waals surface area contributed by atoms with Gasteiger partial charge in [0.2, 0.25) is 0 Å². The highest BCUT2D eigenvalue weighted by Crippen LogP contribution is 2.19. The van der Waals surface area contributed by atoms with E-state index in [1.807, 2.05) is 6.07 Å². The fourth-order valence-corrected chi connectivity index (χ4v) is 2.17. The number of aryl methyl sites for hydroxylation is 1. The van der Waals surface area contributed by atoms with Gasteiger partial charge in [-0.1, -0.05) is 35.9 Å². The van der Waals surface area contributed by atoms with E-state index in [9.17, 15) is 14.0 Å². The molecule has 0 saturated carbocycles. The van der Waals surface area contributed by atoms with Crippen LogP contribution in [0.2, 0.25) is 5.02 Å². The molecule has 0 saturated heterocycles. The molecule has 0 aliphatic carbocycles. The summed E-state index contributed by atoms with van der Waals surface area (Å²) in [4.78, 5) is 23.6. The number of esters is 1. The summed E-state index contributed by atoms with van der Waals surface area (Å²) in [5.41, 5.74) is 1.39. The van der Waals surface area contributed by atoms with E-state index in [0.29, 0.717) is 5.56 Å². The molecular weight excluding hydrogens is 321 g/mol. The molecule has 0 aromatic heterocycles. The molecule has 0 aliphatic rings. The Balaban J connectivity index is 1.86. The normalized spacial score (nSPS) is 10.2. The van der Waals surface area contributed by atoms with E-state index < -0.39 is 11.8 Å². The fourth-order valence-electron chi connectivity index (χ4n) is 1.95. The number of ether oxygens (including phenoxy) is 1. The van der Waals surface area contributed by atoms with Crippen molar-refractivity contribution in [3.05, 3.63) is 70.0 Å². The van der Waals surface area contributed by atoms with E-state index in [2.05, 4.69) is 5.32 Å². The highest BCUT2D eigenvalue weighted by molar-refractivity contribution is 6.31. The van der Waals surface area contributed by atoms with Gasteiger partial charge in [0.1, 0.15) is 19.0 Å². The molecule has 1 N–H and O–H groups in total. The van der Waals surface area contributed by atoms with Gasteiger partial charge in [-0.15, -0.1) is 0 Å². The Labute approximate surface area is 138 Å². The Morgan fingerprint density at radius 3 is 2.61 bits per heavy atom. The summed E-state index contributed by atoms with van der Waals surface area (Å²) in [6, 6.07) is 11.2. The number of carbonyl (C=O) groups excluding carboxylic acids is 2. The van der Waals surface area contributed by atoms with Crippen molar-refractivity contribution in [3.8, 4) is 0 Å². The van der Waals surface area contributed by atoms with Gasteiger partial charge in [-0.25, -0.2) is 4.39 Å². The monoisotopic (exact) mass is 335 g/mol. The van der Waals surface area contributed by atoms with E-state index in [-0.39, 0.29) is 29.6 Å². The number of nitrogens with one attached hydrogen (secondary N) is 1. The van der Waals surface area contributed by atoms with Crippen LogP contribution in [0.4, 0.5) is 4.39 Å². The average molecular weight is 336 g/mol. The van der Waals surface area contributed by atoms with Gasteiger partial charge in [0, 0.05) is 11.1 Å². The zero-order valence-electron chi connectivity index (χ0n) is 12.4. The second kappa shape index (κ2) is 7.74. The summed E-state index contributed by atoms with van der Waals surface area (Å²) in [6.07, 6.45) is 0. The van der Waals surface area contributed by atoms with Crippen LogP contribution in [0.25, 0.3) is 0 Å². The lowest BCUT2D eigenvalue weighted by atomic mass is 10.1. The second-order valence-electron chi connectivity index (χ2n) is 4.86. The summed E-state index contributed by atoms with van der Waals surface area (Å²) < 4.78 is 18.5. The van der Waals surface area contributed by atoms with E-state index in [1.54, 1.807) is 25.1 Å². The lowest BCUT2D eigenvalue weighted by Crippen LogP contribution is -2.31. The third kappa shape index (κ3) is 4.53. The van der Waals surface area contributed by atoms with E-state index >= 15 is 0 Å². The largest absolute Gasteiger partial charge is 0.459 e. The molecule has 120 valence electrons. The number of rotatable bonds is 5. The number of hydrogen-bond donors (Lipinski definition) is 1. The zero-order chi connectivity index (χ0) is 16.8. The van der Waals surface area contributed by atoms with Crippen molar-refractivity contribution in [3.63, 3.8) is 0 Å². The van der Waals surface area contributed by atoms with E-state index in [1.165, 1.54) is 18.2 Å². The van der Waals surface area contributed by atoms with Crippen LogP contribution in [-0.2, 0) is 16.1 Å². The SMILES string of the molecule is Cc1ccccc1C(=O)NCC(=O)OCc1c(F)cccc1Cl. The van der Waals surface area contributed by atoms with Crippen molar-refractivity contribution in [2.75, 3.05) is 6.54 Å².